The van der Waals surface area contributed by atoms with Crippen LogP contribution in [0.4, 0.5) is 10.6 Å². The third-order valence-electron chi connectivity index (χ3n) is 5.41. The van der Waals surface area contributed by atoms with Crippen molar-refractivity contribution in [2.75, 3.05) is 31.2 Å². The molecule has 2 amide bonds. The van der Waals surface area contributed by atoms with Crippen molar-refractivity contribution in [2.24, 2.45) is 0 Å². The van der Waals surface area contributed by atoms with E-state index in [1.54, 1.807) is 28.7 Å². The molecule has 1 aromatic rings. The molecule has 170 valence electrons. The number of aromatic nitrogens is 1. The summed E-state index contributed by atoms with van der Waals surface area (Å²) >= 11 is 0. The predicted molar refractivity (Wildman–Crippen MR) is 116 cm³/mol. The van der Waals surface area contributed by atoms with Gasteiger partial charge in [-0.15, -0.1) is 0 Å². The summed E-state index contributed by atoms with van der Waals surface area (Å²) in [6.45, 7) is 8.80. The third-order valence-corrected chi connectivity index (χ3v) is 5.41. The number of carbonyl (C=O) groups is 2. The summed E-state index contributed by atoms with van der Waals surface area (Å²) < 4.78 is 11.2. The minimum atomic E-state index is -0.626. The van der Waals surface area contributed by atoms with E-state index in [0.29, 0.717) is 17.4 Å². The predicted octanol–water partition coefficient (Wildman–Crippen LogP) is 2.60. The first-order valence-electron chi connectivity index (χ1n) is 10.7. The Morgan fingerprint density at radius 2 is 2.03 bits per heavy atom. The maximum Gasteiger partial charge on any atom is 0.416 e. The number of hydrogen-bond donors (Lipinski definition) is 2. The smallest absolute Gasteiger partial charge is 0.416 e. The number of nitrogens with zero attached hydrogens (tertiary/aromatic N) is 3. The van der Waals surface area contributed by atoms with Crippen LogP contribution >= 0.6 is 0 Å². The van der Waals surface area contributed by atoms with Gasteiger partial charge in [-0.05, 0) is 63.8 Å². The molecule has 3 heterocycles. The van der Waals surface area contributed by atoms with Gasteiger partial charge in [0.1, 0.15) is 11.4 Å². The summed E-state index contributed by atoms with van der Waals surface area (Å²) in [5.41, 5.74) is 1.60. The van der Waals surface area contributed by atoms with E-state index in [1.165, 1.54) is 12.2 Å². The normalized spacial score (nSPS) is 20.7. The van der Waals surface area contributed by atoms with E-state index in [2.05, 4.69) is 9.88 Å². The molecule has 1 atom stereocenters. The number of hydroxylamine groups is 1. The second kappa shape index (κ2) is 10.2. The molecule has 9 nitrogen and oxygen atoms in total. The number of amides is 2. The SMILES string of the molecule is CC(C)(C)OC(=O)N(c1ccc(C=CC(=O)NO)cn1)[C@@H]1CCN(C2CCOCC2)C1. The Balaban J connectivity index is 1.77. The number of pyridine rings is 1. The molecule has 31 heavy (non-hydrogen) atoms. The van der Waals surface area contributed by atoms with Crippen LogP contribution in [0.3, 0.4) is 0 Å². The van der Waals surface area contributed by atoms with Crippen molar-refractivity contribution in [1.29, 1.82) is 0 Å². The minimum Gasteiger partial charge on any atom is -0.443 e. The van der Waals surface area contributed by atoms with E-state index < -0.39 is 17.6 Å². The summed E-state index contributed by atoms with van der Waals surface area (Å²) in [4.78, 5) is 32.8. The van der Waals surface area contributed by atoms with E-state index in [1.807, 2.05) is 20.8 Å². The average molecular weight is 433 g/mol. The molecule has 0 aromatic carbocycles. The van der Waals surface area contributed by atoms with Crippen molar-refractivity contribution < 1.29 is 24.3 Å². The first kappa shape index (κ1) is 23.2. The zero-order valence-corrected chi connectivity index (χ0v) is 18.4. The van der Waals surface area contributed by atoms with Crippen LogP contribution in [0.5, 0.6) is 0 Å². The lowest BCUT2D eigenvalue weighted by Gasteiger charge is -2.33. The van der Waals surface area contributed by atoms with Crippen molar-refractivity contribution in [2.45, 2.75) is 57.7 Å². The summed E-state index contributed by atoms with van der Waals surface area (Å²) in [5, 5.41) is 8.59. The largest absolute Gasteiger partial charge is 0.443 e. The zero-order valence-electron chi connectivity index (χ0n) is 18.4. The van der Waals surface area contributed by atoms with Gasteiger partial charge >= 0.3 is 6.09 Å². The number of anilines is 1. The number of likely N-dealkylation sites (tertiary alicyclic amines) is 1. The molecule has 9 heteroatoms. The lowest BCUT2D eigenvalue weighted by molar-refractivity contribution is -0.124. The van der Waals surface area contributed by atoms with Crippen molar-refractivity contribution in [3.63, 3.8) is 0 Å². The van der Waals surface area contributed by atoms with Gasteiger partial charge in [0, 0.05) is 44.6 Å². The molecule has 0 saturated carbocycles. The van der Waals surface area contributed by atoms with Gasteiger partial charge in [-0.25, -0.2) is 15.3 Å². The van der Waals surface area contributed by atoms with Gasteiger partial charge in [0.25, 0.3) is 5.91 Å². The first-order valence-corrected chi connectivity index (χ1v) is 10.7. The maximum atomic E-state index is 13.1. The molecule has 2 fully saturated rings. The Kier molecular flexibility index (Phi) is 7.64. The number of rotatable bonds is 5. The van der Waals surface area contributed by atoms with Gasteiger partial charge in [-0.2, -0.15) is 0 Å². The topological polar surface area (TPSA) is 104 Å². The molecule has 0 spiro atoms. The fourth-order valence-corrected chi connectivity index (χ4v) is 3.95. The van der Waals surface area contributed by atoms with Gasteiger partial charge in [-0.1, -0.05) is 0 Å². The molecule has 0 bridgehead atoms. The van der Waals surface area contributed by atoms with Crippen LogP contribution in [-0.4, -0.2) is 71.1 Å². The van der Waals surface area contributed by atoms with Crippen molar-refractivity contribution in [3.05, 3.63) is 30.0 Å². The highest BCUT2D eigenvalue weighted by Gasteiger charge is 2.37. The van der Waals surface area contributed by atoms with E-state index in [4.69, 9.17) is 14.7 Å². The second-order valence-electron chi connectivity index (χ2n) is 8.89. The molecule has 0 radical (unpaired) electrons. The van der Waals surface area contributed by atoms with E-state index in [0.717, 1.165) is 45.6 Å². The standard InChI is InChI=1S/C22H32N4O5/c1-22(2,3)31-21(28)26(18-8-11-25(15-18)17-9-12-30-13-10-17)19-6-4-16(14-23-19)5-7-20(27)24-29/h4-7,14,17-18,29H,8-13,15H2,1-3H3,(H,24,27)/t18-/m1/s1. The van der Waals surface area contributed by atoms with Crippen LogP contribution in [0.15, 0.2) is 24.4 Å². The van der Waals surface area contributed by atoms with Crippen LogP contribution in [-0.2, 0) is 14.3 Å². The number of carbonyl (C=O) groups excluding carboxylic acids is 2. The molecule has 1 aromatic heterocycles. The van der Waals surface area contributed by atoms with Crippen LogP contribution in [0.1, 0.15) is 45.6 Å². The molecule has 2 N–H and O–H groups in total. The highest BCUT2D eigenvalue weighted by molar-refractivity contribution is 5.91. The molecular weight excluding hydrogens is 400 g/mol. The van der Waals surface area contributed by atoms with Crippen molar-refractivity contribution in [1.82, 2.24) is 15.4 Å². The monoisotopic (exact) mass is 432 g/mol. The quantitative estimate of drug-likeness (QED) is 0.419. The van der Waals surface area contributed by atoms with Gasteiger partial charge < -0.3 is 9.47 Å². The Morgan fingerprint density at radius 1 is 1.29 bits per heavy atom. The van der Waals surface area contributed by atoms with Crippen molar-refractivity contribution in [3.8, 4) is 0 Å². The van der Waals surface area contributed by atoms with Crippen LogP contribution < -0.4 is 10.4 Å². The summed E-state index contributed by atoms with van der Waals surface area (Å²) in [6.07, 6.45) is 6.77. The Bertz CT molecular complexity index is 784. The molecular formula is C22H32N4O5. The maximum absolute atomic E-state index is 13.1. The summed E-state index contributed by atoms with van der Waals surface area (Å²) in [6, 6.07) is 3.97. The lowest BCUT2D eigenvalue weighted by Crippen LogP contribution is -2.46. The van der Waals surface area contributed by atoms with Gasteiger partial charge in [0.15, 0.2) is 0 Å². The van der Waals surface area contributed by atoms with Crippen molar-refractivity contribution >= 4 is 23.9 Å². The molecule has 3 rings (SSSR count). The lowest BCUT2D eigenvalue weighted by atomic mass is 10.1. The molecule has 0 unspecified atom stereocenters. The molecule has 0 aliphatic carbocycles. The van der Waals surface area contributed by atoms with E-state index in [9.17, 15) is 9.59 Å². The third kappa shape index (κ3) is 6.49. The fraction of sp³-hybridized carbons (Fsp3) is 0.591. The van der Waals surface area contributed by atoms with Gasteiger partial charge in [0.2, 0.25) is 0 Å². The molecule has 2 saturated heterocycles. The van der Waals surface area contributed by atoms with E-state index >= 15 is 0 Å². The summed E-state index contributed by atoms with van der Waals surface area (Å²) in [5.74, 6) is -0.115. The first-order chi connectivity index (χ1) is 14.8. The number of nitrogens with one attached hydrogen (secondary N) is 1. The summed E-state index contributed by atoms with van der Waals surface area (Å²) in [7, 11) is 0. The highest BCUT2D eigenvalue weighted by Crippen LogP contribution is 2.27. The zero-order chi connectivity index (χ0) is 22.4. The van der Waals surface area contributed by atoms with Crippen LogP contribution in [0.2, 0.25) is 0 Å². The Labute approximate surface area is 183 Å². The second-order valence-corrected chi connectivity index (χ2v) is 8.89. The molecule has 2 aliphatic heterocycles. The minimum absolute atomic E-state index is 0.0354. The average Bonchev–Trinajstić information content (AvgIpc) is 3.22. The number of ether oxygens (including phenoxy) is 2. The molecule has 2 aliphatic rings. The van der Waals surface area contributed by atoms with Gasteiger partial charge in [0.05, 0.1) is 6.04 Å². The highest BCUT2D eigenvalue weighted by atomic mass is 16.6. The Morgan fingerprint density at radius 3 is 2.65 bits per heavy atom. The number of hydrogen-bond acceptors (Lipinski definition) is 7. The van der Waals surface area contributed by atoms with Crippen LogP contribution in [0.25, 0.3) is 6.08 Å². The fourth-order valence-electron chi connectivity index (χ4n) is 3.95. The Hall–Kier alpha value is -2.49. The van der Waals surface area contributed by atoms with Crippen LogP contribution in [0, 0.1) is 0 Å². The van der Waals surface area contributed by atoms with E-state index in [-0.39, 0.29) is 6.04 Å². The van der Waals surface area contributed by atoms with Gasteiger partial charge in [-0.3, -0.25) is 19.8 Å².